The van der Waals surface area contributed by atoms with Crippen molar-refractivity contribution in [2.75, 3.05) is 6.54 Å². The highest BCUT2D eigenvalue weighted by Crippen LogP contribution is 2.19. The molecule has 0 aliphatic carbocycles. The van der Waals surface area contributed by atoms with Gasteiger partial charge in [-0.3, -0.25) is 9.59 Å². The molecule has 1 aromatic carbocycles. The topological polar surface area (TPSA) is 79.2 Å². The van der Waals surface area contributed by atoms with Crippen molar-refractivity contribution in [3.05, 3.63) is 59.4 Å². The van der Waals surface area contributed by atoms with Crippen molar-refractivity contribution in [2.24, 2.45) is 5.73 Å². The summed E-state index contributed by atoms with van der Waals surface area (Å²) in [4.78, 5) is 29.6. The summed E-state index contributed by atoms with van der Waals surface area (Å²) >= 11 is 0. The molecule has 2 aromatic rings. The largest absolute Gasteiger partial charge is 0.367 e. The number of hydrogen-bond donors (Lipinski definition) is 2. The number of carbonyl (C=O) groups excluding carboxylic acids is 2. The predicted octanol–water partition coefficient (Wildman–Crippen LogP) is 2.20. The molecule has 5 nitrogen and oxygen atoms in total. The Morgan fingerprint density at radius 2 is 1.83 bits per heavy atom. The maximum atomic E-state index is 12.6. The van der Waals surface area contributed by atoms with Gasteiger partial charge in [0.05, 0.1) is 0 Å². The number of nitrogens with two attached hydrogens (primary N) is 1. The number of amides is 1. The van der Waals surface area contributed by atoms with E-state index in [1.165, 1.54) is 0 Å². The fourth-order valence-corrected chi connectivity index (χ4v) is 3.07. The Kier molecular flexibility index (Phi) is 4.30. The number of benzene rings is 1. The zero-order valence-electron chi connectivity index (χ0n) is 13.2. The number of aromatic amines is 1. The number of nitrogens with zero attached hydrogens (tertiary/aromatic N) is 1. The summed E-state index contributed by atoms with van der Waals surface area (Å²) in [6, 6.07) is 8.93. The van der Waals surface area contributed by atoms with Crippen molar-refractivity contribution in [3.8, 4) is 0 Å². The molecule has 0 unspecified atom stereocenters. The Balaban J connectivity index is 1.74. The van der Waals surface area contributed by atoms with Crippen molar-refractivity contribution in [2.45, 2.75) is 31.8 Å². The van der Waals surface area contributed by atoms with E-state index in [1.807, 2.05) is 11.8 Å². The van der Waals surface area contributed by atoms with Crippen LogP contribution in [0, 0.1) is 0 Å². The average molecular weight is 311 g/mol. The predicted molar refractivity (Wildman–Crippen MR) is 88.4 cm³/mol. The van der Waals surface area contributed by atoms with Crippen LogP contribution in [0.5, 0.6) is 0 Å². The van der Waals surface area contributed by atoms with Crippen LogP contribution < -0.4 is 5.73 Å². The van der Waals surface area contributed by atoms with Crippen LogP contribution in [0.4, 0.5) is 0 Å². The molecule has 1 saturated heterocycles. The van der Waals surface area contributed by atoms with Gasteiger partial charge < -0.3 is 15.6 Å². The van der Waals surface area contributed by atoms with Crippen molar-refractivity contribution < 1.29 is 9.59 Å². The van der Waals surface area contributed by atoms with E-state index >= 15 is 0 Å². The normalized spacial score (nSPS) is 21.2. The highest BCUT2D eigenvalue weighted by molar-refractivity contribution is 6.09. The van der Waals surface area contributed by atoms with Gasteiger partial charge in [0.15, 0.2) is 5.78 Å². The SMILES string of the molecule is C[C@H]1C[C@H](N)CCN1C(=O)c1ccc(C(=O)c2cc[nH]c2)cc1. The Morgan fingerprint density at radius 3 is 2.43 bits per heavy atom. The number of aromatic nitrogens is 1. The van der Waals surface area contributed by atoms with Crippen LogP contribution in [0.1, 0.15) is 46.0 Å². The number of likely N-dealkylation sites (tertiary alicyclic amines) is 1. The summed E-state index contributed by atoms with van der Waals surface area (Å²) < 4.78 is 0. The van der Waals surface area contributed by atoms with E-state index in [1.54, 1.807) is 42.7 Å². The molecular formula is C18H21N3O2. The van der Waals surface area contributed by atoms with Gasteiger partial charge in [0.1, 0.15) is 0 Å². The summed E-state index contributed by atoms with van der Waals surface area (Å²) in [5.74, 6) is -0.0485. The van der Waals surface area contributed by atoms with E-state index < -0.39 is 0 Å². The van der Waals surface area contributed by atoms with Crippen LogP contribution in [0.15, 0.2) is 42.7 Å². The first kappa shape index (κ1) is 15.5. The van der Waals surface area contributed by atoms with Gasteiger partial charge in [0.25, 0.3) is 5.91 Å². The van der Waals surface area contributed by atoms with Gasteiger partial charge in [-0.25, -0.2) is 0 Å². The molecule has 1 amide bonds. The van der Waals surface area contributed by atoms with Crippen LogP contribution in [0.2, 0.25) is 0 Å². The summed E-state index contributed by atoms with van der Waals surface area (Å²) in [6.45, 7) is 2.71. The first-order valence-electron chi connectivity index (χ1n) is 7.90. The van der Waals surface area contributed by atoms with Crippen LogP contribution in [-0.2, 0) is 0 Å². The second-order valence-electron chi connectivity index (χ2n) is 6.14. The third kappa shape index (κ3) is 3.19. The highest BCUT2D eigenvalue weighted by atomic mass is 16.2. The van der Waals surface area contributed by atoms with Crippen LogP contribution >= 0.6 is 0 Å². The maximum absolute atomic E-state index is 12.6. The minimum atomic E-state index is -0.0532. The van der Waals surface area contributed by atoms with Crippen LogP contribution in [0.25, 0.3) is 0 Å². The third-order valence-electron chi connectivity index (χ3n) is 4.43. The number of ketones is 1. The zero-order chi connectivity index (χ0) is 16.4. The maximum Gasteiger partial charge on any atom is 0.254 e. The van der Waals surface area contributed by atoms with Gasteiger partial charge in [-0.05, 0) is 38.0 Å². The number of piperidine rings is 1. The molecule has 23 heavy (non-hydrogen) atoms. The van der Waals surface area contributed by atoms with Gasteiger partial charge in [-0.2, -0.15) is 0 Å². The number of hydrogen-bond acceptors (Lipinski definition) is 3. The molecule has 2 heterocycles. The van der Waals surface area contributed by atoms with Gasteiger partial charge in [0.2, 0.25) is 0 Å². The van der Waals surface area contributed by atoms with Crippen molar-refractivity contribution >= 4 is 11.7 Å². The van der Waals surface area contributed by atoms with Crippen LogP contribution in [-0.4, -0.2) is 40.2 Å². The first-order valence-corrected chi connectivity index (χ1v) is 7.90. The molecule has 0 saturated carbocycles. The molecule has 2 atom stereocenters. The van der Waals surface area contributed by atoms with Gasteiger partial charge in [0, 0.05) is 47.7 Å². The van der Waals surface area contributed by atoms with Gasteiger partial charge in [-0.15, -0.1) is 0 Å². The lowest BCUT2D eigenvalue weighted by atomic mass is 9.97. The molecule has 1 aliphatic heterocycles. The fourth-order valence-electron chi connectivity index (χ4n) is 3.07. The first-order chi connectivity index (χ1) is 11.1. The van der Waals surface area contributed by atoms with Gasteiger partial charge in [-0.1, -0.05) is 12.1 Å². The quantitative estimate of drug-likeness (QED) is 0.853. The molecule has 3 rings (SSSR count). The van der Waals surface area contributed by atoms with E-state index in [-0.39, 0.29) is 23.8 Å². The summed E-state index contributed by atoms with van der Waals surface area (Å²) in [7, 11) is 0. The molecule has 120 valence electrons. The second-order valence-corrected chi connectivity index (χ2v) is 6.14. The monoisotopic (exact) mass is 311 g/mol. The van der Waals surface area contributed by atoms with E-state index in [0.717, 1.165) is 12.8 Å². The Labute approximate surface area is 135 Å². The molecule has 1 fully saturated rings. The molecule has 0 bridgehead atoms. The minimum absolute atomic E-state index is 0.00467. The lowest BCUT2D eigenvalue weighted by Gasteiger charge is -2.36. The molecule has 1 aromatic heterocycles. The van der Waals surface area contributed by atoms with Crippen molar-refractivity contribution in [1.82, 2.24) is 9.88 Å². The van der Waals surface area contributed by atoms with Crippen molar-refractivity contribution in [3.63, 3.8) is 0 Å². The number of H-pyrrole nitrogens is 1. The lowest BCUT2D eigenvalue weighted by Crippen LogP contribution is -2.48. The Bertz CT molecular complexity index is 692. The fraction of sp³-hybridized carbons (Fsp3) is 0.333. The minimum Gasteiger partial charge on any atom is -0.367 e. The standard InChI is InChI=1S/C18H21N3O2/c1-12-10-16(19)7-9-21(12)18(23)14-4-2-13(3-5-14)17(22)15-6-8-20-11-15/h2-6,8,11-12,16,20H,7,9-10,19H2,1H3/t12-,16+/m0/s1. The third-order valence-corrected chi connectivity index (χ3v) is 4.43. The van der Waals surface area contributed by atoms with Crippen LogP contribution in [0.3, 0.4) is 0 Å². The van der Waals surface area contributed by atoms with Gasteiger partial charge >= 0.3 is 0 Å². The molecule has 5 heteroatoms. The molecule has 0 radical (unpaired) electrons. The van der Waals surface area contributed by atoms with E-state index in [0.29, 0.717) is 23.2 Å². The highest BCUT2D eigenvalue weighted by Gasteiger charge is 2.27. The van der Waals surface area contributed by atoms with E-state index in [9.17, 15) is 9.59 Å². The molecule has 1 aliphatic rings. The number of rotatable bonds is 3. The average Bonchev–Trinajstić information content (AvgIpc) is 3.08. The van der Waals surface area contributed by atoms with E-state index in [2.05, 4.69) is 4.98 Å². The number of carbonyl (C=O) groups is 2. The lowest BCUT2D eigenvalue weighted by molar-refractivity contribution is 0.0618. The summed E-state index contributed by atoms with van der Waals surface area (Å²) in [5, 5.41) is 0. The summed E-state index contributed by atoms with van der Waals surface area (Å²) in [6.07, 6.45) is 5.05. The smallest absolute Gasteiger partial charge is 0.254 e. The molecule has 0 spiro atoms. The van der Waals surface area contributed by atoms with E-state index in [4.69, 9.17) is 5.73 Å². The molecular weight excluding hydrogens is 290 g/mol. The molecule has 3 N–H and O–H groups in total. The Hall–Kier alpha value is -2.40. The summed E-state index contributed by atoms with van der Waals surface area (Å²) in [5.41, 5.74) is 7.75. The zero-order valence-corrected chi connectivity index (χ0v) is 13.2. The number of nitrogens with one attached hydrogen (secondary N) is 1. The van der Waals surface area contributed by atoms with Crippen molar-refractivity contribution in [1.29, 1.82) is 0 Å². The Morgan fingerprint density at radius 1 is 1.13 bits per heavy atom. The second kappa shape index (κ2) is 6.38.